The van der Waals surface area contributed by atoms with Crippen molar-refractivity contribution >= 4 is 16.2 Å². The third kappa shape index (κ3) is 7.83. The van der Waals surface area contributed by atoms with E-state index in [0.29, 0.717) is 0 Å². The molecule has 146 valence electrons. The van der Waals surface area contributed by atoms with Gasteiger partial charge in [-0.05, 0) is 48.4 Å². The van der Waals surface area contributed by atoms with Crippen LogP contribution in [-0.2, 0) is 10.0 Å². The van der Waals surface area contributed by atoms with Crippen LogP contribution < -0.4 is 9.57 Å². The van der Waals surface area contributed by atoms with Crippen molar-refractivity contribution < 1.29 is 13.2 Å². The van der Waals surface area contributed by atoms with Crippen molar-refractivity contribution in [2.24, 2.45) is 5.10 Å². The minimum absolute atomic E-state index is 0.181. The number of hydrogen-bond donors (Lipinski definition) is 1. The molecule has 0 unspecified atom stereocenters. The maximum absolute atomic E-state index is 12.1. The molecule has 1 N–H and O–H groups in total. The molecule has 5 nitrogen and oxygen atoms in total. The molecular formula is C21H28N2O3S. The Balaban J connectivity index is 1.74. The van der Waals surface area contributed by atoms with Crippen LogP contribution in [0, 0.1) is 0 Å². The highest BCUT2D eigenvalue weighted by molar-refractivity contribution is 7.89. The number of hydrogen-bond acceptors (Lipinski definition) is 4. The molecule has 0 aliphatic heterocycles. The molecule has 0 aromatic heterocycles. The van der Waals surface area contributed by atoms with Gasteiger partial charge in [0.25, 0.3) is 10.0 Å². The third-order valence-corrected chi connectivity index (χ3v) is 5.33. The van der Waals surface area contributed by atoms with Crippen molar-refractivity contribution in [3.8, 4) is 5.75 Å². The number of rotatable bonds is 12. The summed E-state index contributed by atoms with van der Waals surface area (Å²) in [5.41, 5.74) is 0.790. The Bertz CT molecular complexity index is 788. The fraction of sp³-hybridized carbons (Fsp3) is 0.381. The summed E-state index contributed by atoms with van der Waals surface area (Å²) < 4.78 is 29.9. The molecule has 2 aromatic rings. The van der Waals surface area contributed by atoms with Crippen LogP contribution in [0.15, 0.2) is 64.6 Å². The van der Waals surface area contributed by atoms with Crippen LogP contribution in [0.1, 0.15) is 51.0 Å². The second kappa shape index (κ2) is 11.4. The van der Waals surface area contributed by atoms with Gasteiger partial charge in [0.15, 0.2) is 0 Å². The van der Waals surface area contributed by atoms with Gasteiger partial charge in [0, 0.05) is 0 Å². The fourth-order valence-electron chi connectivity index (χ4n) is 2.55. The first-order chi connectivity index (χ1) is 13.1. The lowest BCUT2D eigenvalue weighted by atomic mass is 10.1. The van der Waals surface area contributed by atoms with Crippen molar-refractivity contribution in [1.82, 2.24) is 4.83 Å². The summed E-state index contributed by atoms with van der Waals surface area (Å²) in [4.78, 5) is 2.39. The van der Waals surface area contributed by atoms with Gasteiger partial charge in [-0.1, -0.05) is 57.2 Å². The Morgan fingerprint density at radius 3 is 2.30 bits per heavy atom. The SMILES string of the molecule is CCCCCCCCOc1ccc(C=NNS(=O)(=O)c2ccccc2)cc1. The van der Waals surface area contributed by atoms with Crippen molar-refractivity contribution in [2.75, 3.05) is 6.61 Å². The minimum atomic E-state index is -3.63. The average molecular weight is 389 g/mol. The Morgan fingerprint density at radius 1 is 0.926 bits per heavy atom. The van der Waals surface area contributed by atoms with Gasteiger partial charge in [0.1, 0.15) is 5.75 Å². The molecule has 27 heavy (non-hydrogen) atoms. The van der Waals surface area contributed by atoms with E-state index in [0.717, 1.165) is 24.3 Å². The van der Waals surface area contributed by atoms with Crippen molar-refractivity contribution in [3.63, 3.8) is 0 Å². The molecule has 0 aliphatic carbocycles. The highest BCUT2D eigenvalue weighted by atomic mass is 32.2. The molecule has 2 rings (SSSR count). The zero-order valence-electron chi connectivity index (χ0n) is 15.8. The first kappa shape index (κ1) is 21.0. The highest BCUT2D eigenvalue weighted by Gasteiger charge is 2.10. The van der Waals surface area contributed by atoms with E-state index >= 15 is 0 Å². The van der Waals surface area contributed by atoms with Gasteiger partial charge in [-0.15, -0.1) is 0 Å². The van der Waals surface area contributed by atoms with Crippen LogP contribution in [0.25, 0.3) is 0 Å². The molecule has 0 saturated carbocycles. The molecule has 2 aromatic carbocycles. The summed E-state index contributed by atoms with van der Waals surface area (Å²) in [6.07, 6.45) is 8.88. The summed E-state index contributed by atoms with van der Waals surface area (Å²) in [6, 6.07) is 15.6. The lowest BCUT2D eigenvalue weighted by Crippen LogP contribution is -2.18. The van der Waals surface area contributed by atoms with Gasteiger partial charge in [0.05, 0.1) is 17.7 Å². The first-order valence-electron chi connectivity index (χ1n) is 9.44. The van der Waals surface area contributed by atoms with E-state index in [1.807, 2.05) is 24.3 Å². The van der Waals surface area contributed by atoms with Crippen LogP contribution in [-0.4, -0.2) is 21.2 Å². The van der Waals surface area contributed by atoms with Crippen LogP contribution in [0.3, 0.4) is 0 Å². The van der Waals surface area contributed by atoms with Crippen LogP contribution in [0.4, 0.5) is 0 Å². The second-order valence-electron chi connectivity index (χ2n) is 6.35. The first-order valence-corrected chi connectivity index (χ1v) is 10.9. The second-order valence-corrected chi connectivity index (χ2v) is 8.01. The van der Waals surface area contributed by atoms with Gasteiger partial charge >= 0.3 is 0 Å². The van der Waals surface area contributed by atoms with E-state index in [2.05, 4.69) is 16.9 Å². The number of nitrogens with one attached hydrogen (secondary N) is 1. The van der Waals surface area contributed by atoms with E-state index in [9.17, 15) is 8.42 Å². The Morgan fingerprint density at radius 2 is 1.59 bits per heavy atom. The summed E-state index contributed by atoms with van der Waals surface area (Å²) in [5, 5.41) is 3.83. The number of sulfonamides is 1. The van der Waals surface area contributed by atoms with Gasteiger partial charge in [-0.2, -0.15) is 13.5 Å². The average Bonchev–Trinajstić information content (AvgIpc) is 2.69. The number of unbranched alkanes of at least 4 members (excludes halogenated alkanes) is 5. The zero-order chi connectivity index (χ0) is 19.4. The highest BCUT2D eigenvalue weighted by Crippen LogP contribution is 2.13. The third-order valence-electron chi connectivity index (χ3n) is 4.09. The molecule has 0 fully saturated rings. The molecule has 6 heteroatoms. The van der Waals surface area contributed by atoms with E-state index in [4.69, 9.17) is 4.74 Å². The van der Waals surface area contributed by atoms with E-state index in [1.165, 1.54) is 50.5 Å². The molecule has 0 bridgehead atoms. The Labute approximate surface area is 162 Å². The van der Waals surface area contributed by atoms with Gasteiger partial charge < -0.3 is 4.74 Å². The predicted molar refractivity (Wildman–Crippen MR) is 110 cm³/mol. The van der Waals surface area contributed by atoms with Gasteiger partial charge in [0.2, 0.25) is 0 Å². The van der Waals surface area contributed by atoms with Gasteiger partial charge in [-0.3, -0.25) is 0 Å². The molecule has 0 radical (unpaired) electrons. The zero-order valence-corrected chi connectivity index (χ0v) is 16.6. The Hall–Kier alpha value is -2.34. The topological polar surface area (TPSA) is 67.8 Å². The minimum Gasteiger partial charge on any atom is -0.494 e. The lowest BCUT2D eigenvalue weighted by Gasteiger charge is -2.06. The van der Waals surface area contributed by atoms with Gasteiger partial charge in [-0.25, -0.2) is 4.83 Å². The van der Waals surface area contributed by atoms with E-state index < -0.39 is 10.0 Å². The standard InChI is InChI=1S/C21H28N2O3S/c1-2-3-4-5-6-10-17-26-20-15-13-19(14-16-20)18-22-23-27(24,25)21-11-8-7-9-12-21/h7-9,11-16,18,23H,2-6,10,17H2,1H3. The Kier molecular flexibility index (Phi) is 8.84. The predicted octanol–water partition coefficient (Wildman–Crippen LogP) is 4.74. The summed E-state index contributed by atoms with van der Waals surface area (Å²) in [6.45, 7) is 2.94. The molecule has 0 aliphatic rings. The number of benzene rings is 2. The van der Waals surface area contributed by atoms with Crippen LogP contribution in [0.2, 0.25) is 0 Å². The van der Waals surface area contributed by atoms with Crippen molar-refractivity contribution in [3.05, 3.63) is 60.2 Å². The molecule has 0 spiro atoms. The van der Waals surface area contributed by atoms with Crippen molar-refractivity contribution in [2.45, 2.75) is 50.3 Å². The smallest absolute Gasteiger partial charge is 0.276 e. The number of nitrogens with zero attached hydrogens (tertiary/aromatic N) is 1. The quantitative estimate of drug-likeness (QED) is 0.324. The molecule has 0 saturated heterocycles. The lowest BCUT2D eigenvalue weighted by molar-refractivity contribution is 0.304. The van der Waals surface area contributed by atoms with E-state index in [1.54, 1.807) is 18.2 Å². The summed E-state index contributed by atoms with van der Waals surface area (Å²) >= 11 is 0. The van der Waals surface area contributed by atoms with Crippen LogP contribution >= 0.6 is 0 Å². The summed E-state index contributed by atoms with van der Waals surface area (Å²) in [5.74, 6) is 0.811. The normalized spacial score (nSPS) is 11.6. The summed E-state index contributed by atoms with van der Waals surface area (Å²) in [7, 11) is -3.63. The van der Waals surface area contributed by atoms with E-state index in [-0.39, 0.29) is 4.90 Å². The molecule has 0 amide bonds. The monoisotopic (exact) mass is 388 g/mol. The molecule has 0 atom stereocenters. The number of hydrazone groups is 1. The number of ether oxygens (including phenoxy) is 1. The molecular weight excluding hydrogens is 360 g/mol. The van der Waals surface area contributed by atoms with Crippen LogP contribution in [0.5, 0.6) is 5.75 Å². The molecule has 0 heterocycles. The maximum Gasteiger partial charge on any atom is 0.276 e. The maximum atomic E-state index is 12.1. The van der Waals surface area contributed by atoms with Crippen molar-refractivity contribution in [1.29, 1.82) is 0 Å². The largest absolute Gasteiger partial charge is 0.494 e. The fourth-order valence-corrected chi connectivity index (χ4v) is 3.36.